The van der Waals surface area contributed by atoms with Crippen molar-refractivity contribution in [2.75, 3.05) is 6.54 Å². The second-order valence-electron chi connectivity index (χ2n) is 12.5. The molecule has 0 unspecified atom stereocenters. The highest BCUT2D eigenvalue weighted by Gasteiger charge is 2.62. The zero-order chi connectivity index (χ0) is 28.6. The number of fused-ring (bicyclic) bond motifs is 2. The molecule has 0 aromatic carbocycles. The first-order valence-corrected chi connectivity index (χ1v) is 15.6. The van der Waals surface area contributed by atoms with E-state index in [1.54, 1.807) is 20.8 Å². The summed E-state index contributed by atoms with van der Waals surface area (Å²) in [5.74, 6) is -2.11. The summed E-state index contributed by atoms with van der Waals surface area (Å²) >= 11 is 0. The van der Waals surface area contributed by atoms with Crippen LogP contribution in [-0.4, -0.2) is 72.2 Å². The van der Waals surface area contributed by atoms with Gasteiger partial charge in [0, 0.05) is 18.4 Å². The highest BCUT2D eigenvalue weighted by Crippen LogP contribution is 2.46. The molecule has 1 saturated heterocycles. The van der Waals surface area contributed by atoms with E-state index in [-0.39, 0.29) is 37.1 Å². The Kier molecular flexibility index (Phi) is 8.35. The number of allylic oxidation sites excluding steroid dienone is 1. The van der Waals surface area contributed by atoms with Crippen molar-refractivity contribution in [1.82, 2.24) is 20.3 Å². The van der Waals surface area contributed by atoms with Gasteiger partial charge in [0.2, 0.25) is 21.8 Å². The van der Waals surface area contributed by atoms with Crippen LogP contribution in [-0.2, 0) is 29.1 Å². The lowest BCUT2D eigenvalue weighted by molar-refractivity contribution is -0.142. The molecule has 2 saturated carbocycles. The summed E-state index contributed by atoms with van der Waals surface area (Å²) in [6.07, 6.45) is 8.92. The van der Waals surface area contributed by atoms with Crippen LogP contribution in [0.5, 0.6) is 0 Å². The first-order chi connectivity index (χ1) is 18.2. The van der Waals surface area contributed by atoms with Crippen LogP contribution in [0, 0.1) is 11.8 Å². The summed E-state index contributed by atoms with van der Waals surface area (Å²) in [5.41, 5.74) is -2.10. The molecule has 0 aromatic rings. The Morgan fingerprint density at radius 2 is 1.85 bits per heavy atom. The molecule has 3 fully saturated rings. The zero-order valence-electron chi connectivity index (χ0n) is 23.3. The highest BCUT2D eigenvalue weighted by molar-refractivity contribution is 7.91. The number of ether oxygens (including phenoxy) is 1. The van der Waals surface area contributed by atoms with E-state index >= 15 is 0 Å². The second kappa shape index (κ2) is 11.1. The van der Waals surface area contributed by atoms with Gasteiger partial charge < -0.3 is 20.3 Å². The van der Waals surface area contributed by atoms with Crippen molar-refractivity contribution in [2.45, 2.75) is 114 Å². The zero-order valence-corrected chi connectivity index (χ0v) is 24.1. The van der Waals surface area contributed by atoms with Gasteiger partial charge in [0.25, 0.3) is 5.91 Å². The number of amides is 4. The Morgan fingerprint density at radius 3 is 2.51 bits per heavy atom. The molecule has 2 aliphatic carbocycles. The van der Waals surface area contributed by atoms with E-state index in [1.807, 2.05) is 19.1 Å². The fourth-order valence-corrected chi connectivity index (χ4v) is 6.79. The lowest BCUT2D eigenvalue weighted by Gasteiger charge is -2.28. The van der Waals surface area contributed by atoms with Crippen LogP contribution in [0.15, 0.2) is 12.2 Å². The third-order valence-corrected chi connectivity index (χ3v) is 9.69. The maximum atomic E-state index is 13.7. The molecule has 4 rings (SSSR count). The van der Waals surface area contributed by atoms with E-state index in [2.05, 4.69) is 15.4 Å². The Balaban J connectivity index is 1.56. The molecule has 11 nitrogen and oxygen atoms in total. The number of nitrogens with one attached hydrogen (secondary N) is 3. The normalized spacial score (nSPS) is 33.0. The van der Waals surface area contributed by atoms with Gasteiger partial charge in [0.15, 0.2) is 0 Å². The topological polar surface area (TPSA) is 151 Å². The lowest BCUT2D eigenvalue weighted by atomic mass is 10.0. The van der Waals surface area contributed by atoms with Crippen LogP contribution in [0.1, 0.15) is 85.5 Å². The molecule has 218 valence electrons. The number of hydrogen-bond donors (Lipinski definition) is 3. The number of carbonyl (C=O) groups excluding carboxylic acids is 4. The fraction of sp³-hybridized carbons (Fsp3) is 0.778. The molecule has 4 amide bonds. The Labute approximate surface area is 230 Å². The maximum Gasteiger partial charge on any atom is 0.407 e. The third-order valence-electron chi connectivity index (χ3n) is 7.87. The molecule has 4 aliphatic rings. The van der Waals surface area contributed by atoms with Crippen LogP contribution < -0.4 is 15.4 Å². The number of nitrogens with zero attached hydrogens (tertiary/aromatic N) is 1. The van der Waals surface area contributed by atoms with Crippen LogP contribution in [0.3, 0.4) is 0 Å². The van der Waals surface area contributed by atoms with Gasteiger partial charge in [-0.2, -0.15) is 0 Å². The molecule has 2 aliphatic heterocycles. The molecular weight excluding hydrogens is 524 g/mol. The van der Waals surface area contributed by atoms with E-state index in [4.69, 9.17) is 4.74 Å². The molecule has 12 heteroatoms. The number of carbonyl (C=O) groups is 4. The smallest absolute Gasteiger partial charge is 0.407 e. The van der Waals surface area contributed by atoms with E-state index in [0.717, 1.165) is 25.7 Å². The van der Waals surface area contributed by atoms with Gasteiger partial charge in [0.05, 0.1) is 11.3 Å². The predicted molar refractivity (Wildman–Crippen MR) is 144 cm³/mol. The van der Waals surface area contributed by atoms with Crippen molar-refractivity contribution >= 4 is 33.8 Å². The van der Waals surface area contributed by atoms with Crippen LogP contribution in [0.25, 0.3) is 0 Å². The van der Waals surface area contributed by atoms with Gasteiger partial charge in [-0.3, -0.25) is 19.1 Å². The molecule has 3 N–H and O–H groups in total. The quantitative estimate of drug-likeness (QED) is 0.441. The Bertz CT molecular complexity index is 1130. The Hall–Kier alpha value is -2.63. The summed E-state index contributed by atoms with van der Waals surface area (Å²) in [6.45, 7) is 7.23. The minimum Gasteiger partial charge on any atom is -0.444 e. The largest absolute Gasteiger partial charge is 0.444 e. The highest BCUT2D eigenvalue weighted by atomic mass is 32.2. The lowest BCUT2D eigenvalue weighted by Crippen LogP contribution is -2.57. The molecule has 0 radical (unpaired) electrons. The van der Waals surface area contributed by atoms with Crippen LogP contribution in [0.2, 0.25) is 0 Å². The Morgan fingerprint density at radius 1 is 1.13 bits per heavy atom. The van der Waals surface area contributed by atoms with Crippen molar-refractivity contribution in [1.29, 1.82) is 0 Å². The van der Waals surface area contributed by atoms with Gasteiger partial charge in [-0.25, -0.2) is 13.2 Å². The predicted octanol–water partition coefficient (Wildman–Crippen LogP) is 2.12. The standard InChI is InChI=1S/C27H42N4O7S/c1-17-10-8-6-5-7-9-11-18-15-27(18,24(34)30-39(36,37)20-12-13-20)29-22(32)21-14-19(16-31(21)23(17)33)28-25(35)38-26(2,3)4/h9,11,17-21H,5-8,10,12-16H2,1-4H3,(H,28,35)(H,29,32)(H,30,34)/b11-9-/t17-,18+,19+,21-,27+/m0/s1. The molecular formula is C27H42N4O7S. The molecule has 2 heterocycles. The van der Waals surface area contributed by atoms with Crippen molar-refractivity contribution in [3.05, 3.63) is 12.2 Å². The second-order valence-corrected chi connectivity index (χ2v) is 14.5. The SMILES string of the molecule is C[C@H]1CCCCC/C=C\[C@@H]2C[C@@]2(C(=O)NS(=O)(=O)C2CC2)NC(=O)[C@@H]2C[C@@H](NC(=O)OC(C)(C)C)CN2C1=O. The van der Waals surface area contributed by atoms with Gasteiger partial charge in [-0.1, -0.05) is 31.9 Å². The fourth-order valence-electron chi connectivity index (χ4n) is 5.43. The number of hydrogen-bond acceptors (Lipinski definition) is 7. The average Bonchev–Trinajstić information content (AvgIpc) is 3.73. The first-order valence-electron chi connectivity index (χ1n) is 14.1. The van der Waals surface area contributed by atoms with Crippen molar-refractivity contribution in [2.24, 2.45) is 11.8 Å². The average molecular weight is 567 g/mol. The van der Waals surface area contributed by atoms with Gasteiger partial charge in [0.1, 0.15) is 17.2 Å². The summed E-state index contributed by atoms with van der Waals surface area (Å²) < 4.78 is 32.6. The van der Waals surface area contributed by atoms with Crippen LogP contribution >= 0.6 is 0 Å². The molecule has 5 atom stereocenters. The summed E-state index contributed by atoms with van der Waals surface area (Å²) in [6, 6.07) is -1.43. The molecule has 0 spiro atoms. The molecule has 39 heavy (non-hydrogen) atoms. The van der Waals surface area contributed by atoms with E-state index < -0.39 is 56.4 Å². The van der Waals surface area contributed by atoms with Gasteiger partial charge in [-0.05, 0) is 65.7 Å². The van der Waals surface area contributed by atoms with Crippen molar-refractivity contribution in [3.63, 3.8) is 0 Å². The monoisotopic (exact) mass is 566 g/mol. The number of alkyl carbamates (subject to hydrolysis) is 1. The van der Waals surface area contributed by atoms with E-state index in [0.29, 0.717) is 19.3 Å². The van der Waals surface area contributed by atoms with Gasteiger partial charge >= 0.3 is 6.09 Å². The summed E-state index contributed by atoms with van der Waals surface area (Å²) in [5, 5.41) is 5.03. The van der Waals surface area contributed by atoms with Crippen molar-refractivity contribution < 1.29 is 32.3 Å². The molecule has 0 bridgehead atoms. The van der Waals surface area contributed by atoms with Gasteiger partial charge in [-0.15, -0.1) is 0 Å². The van der Waals surface area contributed by atoms with E-state index in [1.165, 1.54) is 4.90 Å². The molecule has 0 aromatic heterocycles. The minimum atomic E-state index is -3.80. The van der Waals surface area contributed by atoms with Crippen LogP contribution in [0.4, 0.5) is 4.79 Å². The third kappa shape index (κ3) is 7.12. The minimum absolute atomic E-state index is 0.138. The number of sulfonamides is 1. The maximum absolute atomic E-state index is 13.7. The summed E-state index contributed by atoms with van der Waals surface area (Å²) in [4.78, 5) is 54.4. The first kappa shape index (κ1) is 29.4. The number of rotatable bonds is 4. The summed E-state index contributed by atoms with van der Waals surface area (Å²) in [7, 11) is -3.80. The van der Waals surface area contributed by atoms with E-state index in [9.17, 15) is 27.6 Å². The van der Waals surface area contributed by atoms with Crippen molar-refractivity contribution in [3.8, 4) is 0 Å².